The summed E-state index contributed by atoms with van der Waals surface area (Å²) in [7, 11) is 0. The number of carboxylic acid groups (broad SMARTS) is 1. The van der Waals surface area contributed by atoms with E-state index >= 15 is 0 Å². The van der Waals surface area contributed by atoms with Gasteiger partial charge >= 0.3 is 5.97 Å². The molecule has 7 nitrogen and oxygen atoms in total. The van der Waals surface area contributed by atoms with Crippen molar-refractivity contribution in [3.05, 3.63) is 90.3 Å². The third-order valence-electron chi connectivity index (χ3n) is 5.31. The van der Waals surface area contributed by atoms with Gasteiger partial charge in [-0.15, -0.1) is 0 Å². The van der Waals surface area contributed by atoms with E-state index in [2.05, 4.69) is 10.3 Å². The van der Waals surface area contributed by atoms with Crippen LogP contribution in [0.25, 0.3) is 11.1 Å². The lowest BCUT2D eigenvalue weighted by Crippen LogP contribution is -2.21. The zero-order valence-electron chi connectivity index (χ0n) is 18.9. The molecule has 2 N–H and O–H groups in total. The molecule has 7 heteroatoms. The fourth-order valence-electron chi connectivity index (χ4n) is 3.52. The first-order valence-corrected chi connectivity index (χ1v) is 11.4. The number of nitrogens with one attached hydrogen (secondary N) is 1. The van der Waals surface area contributed by atoms with Crippen molar-refractivity contribution < 1.29 is 23.8 Å². The Morgan fingerprint density at radius 1 is 0.912 bits per heavy atom. The summed E-state index contributed by atoms with van der Waals surface area (Å²) in [6.07, 6.45) is 2.27. The zero-order chi connectivity index (χ0) is 23.6. The van der Waals surface area contributed by atoms with Gasteiger partial charge in [0.05, 0.1) is 12.2 Å². The number of carbonyl (C=O) groups is 1. The van der Waals surface area contributed by atoms with E-state index in [0.29, 0.717) is 24.7 Å². The molecule has 1 atom stereocenters. The fraction of sp³-hybridized carbons (Fsp3) is 0.259. The second kappa shape index (κ2) is 11.9. The Bertz CT molecular complexity index is 1140. The first-order valence-electron chi connectivity index (χ1n) is 11.4. The van der Waals surface area contributed by atoms with Gasteiger partial charge in [0, 0.05) is 6.42 Å². The van der Waals surface area contributed by atoms with Crippen LogP contribution in [0.3, 0.4) is 0 Å². The number of nitrogens with zero attached hydrogens (tertiary/aromatic N) is 1. The lowest BCUT2D eigenvalue weighted by atomic mass is 10.2. The van der Waals surface area contributed by atoms with Crippen LogP contribution in [-0.2, 0) is 0 Å². The third kappa shape index (κ3) is 6.59. The van der Waals surface area contributed by atoms with Crippen molar-refractivity contribution in [1.29, 1.82) is 0 Å². The molecule has 0 amide bonds. The molecule has 176 valence electrons. The molecule has 0 aliphatic heterocycles. The highest BCUT2D eigenvalue weighted by Gasteiger charge is 2.20. The highest BCUT2D eigenvalue weighted by atomic mass is 16.5. The van der Waals surface area contributed by atoms with Gasteiger partial charge in [0.25, 0.3) is 0 Å². The maximum atomic E-state index is 10.9. The standard InChI is InChI=1S/C27H28N2O5/c30-27(31)20-12-14-21(15-13-20)32-19-7-6-17-28-18-16-25(33-22-8-2-1-3-9-22)26-29-23-10-4-5-11-24(23)34-26/h1-5,8-15,25,28H,6-7,16-19H2,(H,30,31). The van der Waals surface area contributed by atoms with E-state index in [1.807, 2.05) is 54.6 Å². The Kier molecular flexibility index (Phi) is 8.13. The molecular formula is C27H28N2O5. The van der Waals surface area contributed by atoms with Crippen molar-refractivity contribution in [2.75, 3.05) is 19.7 Å². The van der Waals surface area contributed by atoms with Crippen LogP contribution in [0.4, 0.5) is 0 Å². The van der Waals surface area contributed by atoms with Crippen LogP contribution in [0.1, 0.15) is 41.6 Å². The van der Waals surface area contributed by atoms with Gasteiger partial charge in [-0.25, -0.2) is 9.78 Å². The molecule has 0 bridgehead atoms. The van der Waals surface area contributed by atoms with Crippen molar-refractivity contribution in [2.45, 2.75) is 25.4 Å². The monoisotopic (exact) mass is 460 g/mol. The van der Waals surface area contributed by atoms with Gasteiger partial charge in [-0.2, -0.15) is 0 Å². The second-order valence-electron chi connectivity index (χ2n) is 7.86. The number of rotatable bonds is 13. The number of unbranched alkanes of at least 4 members (excludes halogenated alkanes) is 1. The summed E-state index contributed by atoms with van der Waals surface area (Å²) in [5, 5.41) is 12.4. The molecule has 4 rings (SSSR count). The molecule has 1 aromatic heterocycles. The molecular weight excluding hydrogens is 432 g/mol. The number of para-hydroxylation sites is 3. The Morgan fingerprint density at radius 3 is 2.44 bits per heavy atom. The topological polar surface area (TPSA) is 93.8 Å². The first-order chi connectivity index (χ1) is 16.7. The number of fused-ring (bicyclic) bond motifs is 1. The highest BCUT2D eigenvalue weighted by Crippen LogP contribution is 2.27. The number of hydrogen-bond donors (Lipinski definition) is 2. The lowest BCUT2D eigenvalue weighted by Gasteiger charge is -2.16. The summed E-state index contributed by atoms with van der Waals surface area (Å²) in [5.41, 5.74) is 1.83. The molecule has 0 saturated carbocycles. The van der Waals surface area contributed by atoms with E-state index in [9.17, 15) is 4.79 Å². The van der Waals surface area contributed by atoms with Crippen LogP contribution in [-0.4, -0.2) is 35.8 Å². The molecule has 1 unspecified atom stereocenters. The number of aromatic carboxylic acids is 1. The van der Waals surface area contributed by atoms with Crippen molar-refractivity contribution in [3.8, 4) is 11.5 Å². The summed E-state index contributed by atoms with van der Waals surface area (Å²) in [6.45, 7) is 2.19. The lowest BCUT2D eigenvalue weighted by molar-refractivity contribution is 0.0697. The van der Waals surface area contributed by atoms with Gasteiger partial charge in [-0.1, -0.05) is 30.3 Å². The second-order valence-corrected chi connectivity index (χ2v) is 7.86. The summed E-state index contributed by atoms with van der Waals surface area (Å²) in [5.74, 6) is 1.10. The normalized spacial score (nSPS) is 11.9. The predicted molar refractivity (Wildman–Crippen MR) is 129 cm³/mol. The summed E-state index contributed by atoms with van der Waals surface area (Å²) >= 11 is 0. The molecule has 0 aliphatic rings. The number of benzene rings is 3. The number of oxazole rings is 1. The van der Waals surface area contributed by atoms with Crippen molar-refractivity contribution in [3.63, 3.8) is 0 Å². The van der Waals surface area contributed by atoms with Crippen LogP contribution < -0.4 is 14.8 Å². The van der Waals surface area contributed by atoms with Crippen molar-refractivity contribution in [2.24, 2.45) is 0 Å². The van der Waals surface area contributed by atoms with Gasteiger partial charge in [0.15, 0.2) is 11.7 Å². The minimum absolute atomic E-state index is 0.254. The summed E-state index contributed by atoms with van der Waals surface area (Å²) in [4.78, 5) is 15.5. The SMILES string of the molecule is O=C(O)c1ccc(OCCCCNCCC(Oc2ccccc2)c2nc3ccccc3o2)cc1. The van der Waals surface area contributed by atoms with Crippen LogP contribution in [0.5, 0.6) is 11.5 Å². The molecule has 4 aromatic rings. The molecule has 0 spiro atoms. The third-order valence-corrected chi connectivity index (χ3v) is 5.31. The van der Waals surface area contributed by atoms with Crippen LogP contribution in [0.15, 0.2) is 83.3 Å². The van der Waals surface area contributed by atoms with Gasteiger partial charge in [-0.3, -0.25) is 0 Å². The molecule has 0 radical (unpaired) electrons. The van der Waals surface area contributed by atoms with Crippen LogP contribution in [0, 0.1) is 0 Å². The van der Waals surface area contributed by atoms with E-state index < -0.39 is 5.97 Å². The number of hydrogen-bond acceptors (Lipinski definition) is 6. The smallest absolute Gasteiger partial charge is 0.335 e. The summed E-state index contributed by atoms with van der Waals surface area (Å²) in [6, 6.07) is 23.9. The van der Waals surface area contributed by atoms with Crippen LogP contribution in [0.2, 0.25) is 0 Å². The van der Waals surface area contributed by atoms with E-state index in [-0.39, 0.29) is 11.7 Å². The maximum absolute atomic E-state index is 10.9. The number of carboxylic acids is 1. The van der Waals surface area contributed by atoms with Crippen LogP contribution >= 0.6 is 0 Å². The number of ether oxygens (including phenoxy) is 2. The maximum Gasteiger partial charge on any atom is 0.335 e. The highest BCUT2D eigenvalue weighted by molar-refractivity contribution is 5.87. The average Bonchev–Trinajstić information content (AvgIpc) is 3.30. The largest absolute Gasteiger partial charge is 0.494 e. The van der Waals surface area contributed by atoms with Gasteiger partial charge in [-0.05, 0) is 74.5 Å². The van der Waals surface area contributed by atoms with Gasteiger partial charge in [0.2, 0.25) is 5.89 Å². The molecule has 34 heavy (non-hydrogen) atoms. The first kappa shape index (κ1) is 23.3. The fourth-order valence-corrected chi connectivity index (χ4v) is 3.52. The van der Waals surface area contributed by atoms with E-state index in [1.54, 1.807) is 24.3 Å². The Balaban J connectivity index is 1.21. The molecule has 0 fully saturated rings. The summed E-state index contributed by atoms with van der Waals surface area (Å²) < 4.78 is 17.8. The quantitative estimate of drug-likeness (QED) is 0.255. The molecule has 0 saturated heterocycles. The minimum Gasteiger partial charge on any atom is -0.494 e. The van der Waals surface area contributed by atoms with E-state index in [4.69, 9.17) is 19.0 Å². The van der Waals surface area contributed by atoms with Gasteiger partial charge in [0.1, 0.15) is 17.0 Å². The molecule has 1 heterocycles. The molecule has 3 aromatic carbocycles. The number of aromatic nitrogens is 1. The predicted octanol–water partition coefficient (Wildman–Crippen LogP) is 5.49. The van der Waals surface area contributed by atoms with E-state index in [1.165, 1.54) is 0 Å². The molecule has 0 aliphatic carbocycles. The van der Waals surface area contributed by atoms with Gasteiger partial charge < -0.3 is 24.3 Å². The Morgan fingerprint density at radius 2 is 1.68 bits per heavy atom. The Hall–Kier alpha value is -3.84. The average molecular weight is 461 g/mol. The van der Waals surface area contributed by atoms with Crippen molar-refractivity contribution in [1.82, 2.24) is 10.3 Å². The Labute approximate surface area is 198 Å². The van der Waals surface area contributed by atoms with Crippen molar-refractivity contribution >= 4 is 17.1 Å². The zero-order valence-corrected chi connectivity index (χ0v) is 18.9. The van der Waals surface area contributed by atoms with E-state index in [0.717, 1.165) is 42.8 Å². The minimum atomic E-state index is -0.940.